The van der Waals surface area contributed by atoms with Gasteiger partial charge in [0.1, 0.15) is 12.4 Å². The Balaban J connectivity index is 1.81. The molecule has 2 aliphatic heterocycles. The van der Waals surface area contributed by atoms with Crippen LogP contribution in [0.4, 0.5) is 0 Å². The number of hydrogen-bond acceptors (Lipinski definition) is 6. The normalized spacial score (nSPS) is 27.5. The van der Waals surface area contributed by atoms with E-state index >= 15 is 0 Å². The maximum atomic E-state index is 7.12. The van der Waals surface area contributed by atoms with Gasteiger partial charge >= 0.3 is 0 Å². The van der Waals surface area contributed by atoms with Gasteiger partial charge in [0, 0.05) is 37.9 Å². The number of nitrogens with zero attached hydrogens (tertiary/aromatic N) is 3. The fourth-order valence-corrected chi connectivity index (χ4v) is 7.08. The fraction of sp³-hybridized carbons (Fsp3) is 0.833. The Labute approximate surface area is 208 Å². The van der Waals surface area contributed by atoms with Crippen LogP contribution in [0, 0.1) is 0 Å². The zero-order valence-electron chi connectivity index (χ0n) is 22.3. The van der Waals surface area contributed by atoms with Gasteiger partial charge in [-0.15, -0.1) is 0 Å². The molecule has 0 amide bonds. The molecule has 1 aromatic heterocycles. The SMILES string of the molecule is CC(C)(C)[Si](C)(C)O[C@@H]1[C@@H](O[Si](C)(C)C(C)(C)C)CN2CC[C@@H](OC(=S)n3ccnc3)C[C@@H]12. The molecular formula is C24H45N3O3SSi2. The van der Waals surface area contributed by atoms with Crippen LogP contribution in [0.15, 0.2) is 18.7 Å². The second-order valence-electron chi connectivity index (χ2n) is 12.8. The Morgan fingerprint density at radius 1 is 1.00 bits per heavy atom. The minimum absolute atomic E-state index is 0.0632. The zero-order chi connectivity index (χ0) is 24.8. The topological polar surface area (TPSA) is 48.8 Å². The van der Waals surface area contributed by atoms with E-state index < -0.39 is 16.6 Å². The molecule has 0 N–H and O–H groups in total. The predicted molar refractivity (Wildman–Crippen MR) is 144 cm³/mol. The van der Waals surface area contributed by atoms with Crippen LogP contribution in [0.2, 0.25) is 36.3 Å². The lowest BCUT2D eigenvalue weighted by Gasteiger charge is -2.45. The van der Waals surface area contributed by atoms with Crippen LogP contribution in [0.25, 0.3) is 0 Å². The molecule has 0 aliphatic carbocycles. The highest BCUT2D eigenvalue weighted by molar-refractivity contribution is 7.80. The molecule has 9 heteroatoms. The molecule has 0 bridgehead atoms. The summed E-state index contributed by atoms with van der Waals surface area (Å²) < 4.78 is 22.1. The molecule has 0 spiro atoms. The van der Waals surface area contributed by atoms with Crippen LogP contribution < -0.4 is 0 Å². The van der Waals surface area contributed by atoms with Crippen molar-refractivity contribution < 1.29 is 13.6 Å². The third-order valence-electron chi connectivity index (χ3n) is 8.34. The van der Waals surface area contributed by atoms with Gasteiger partial charge in [0.15, 0.2) is 16.6 Å². The van der Waals surface area contributed by atoms with Gasteiger partial charge < -0.3 is 13.6 Å². The summed E-state index contributed by atoms with van der Waals surface area (Å²) in [6.45, 7) is 25.2. The zero-order valence-corrected chi connectivity index (χ0v) is 25.2. The van der Waals surface area contributed by atoms with E-state index in [1.54, 1.807) is 17.1 Å². The predicted octanol–water partition coefficient (Wildman–Crippen LogP) is 5.66. The van der Waals surface area contributed by atoms with Gasteiger partial charge in [-0.05, 0) is 54.9 Å². The van der Waals surface area contributed by atoms with E-state index in [0.29, 0.717) is 11.2 Å². The molecular weight excluding hydrogens is 467 g/mol. The smallest absolute Gasteiger partial charge is 0.269 e. The lowest BCUT2D eigenvalue weighted by Crippen LogP contribution is -2.54. The van der Waals surface area contributed by atoms with Gasteiger partial charge in [0.2, 0.25) is 0 Å². The minimum atomic E-state index is -1.98. The van der Waals surface area contributed by atoms with Gasteiger partial charge in [-0.1, -0.05) is 41.5 Å². The first-order valence-electron chi connectivity index (χ1n) is 12.3. The van der Waals surface area contributed by atoms with Crippen LogP contribution in [0.5, 0.6) is 0 Å². The quantitative estimate of drug-likeness (QED) is 0.375. The molecule has 0 unspecified atom stereocenters. The van der Waals surface area contributed by atoms with E-state index in [1.807, 2.05) is 6.20 Å². The van der Waals surface area contributed by atoms with E-state index in [2.05, 4.69) is 77.6 Å². The number of aromatic nitrogens is 2. The average molecular weight is 512 g/mol. The molecule has 0 radical (unpaired) electrons. The number of ether oxygens (including phenoxy) is 1. The summed E-state index contributed by atoms with van der Waals surface area (Å²) in [7, 11) is -3.91. The highest BCUT2D eigenvalue weighted by Gasteiger charge is 2.53. The van der Waals surface area contributed by atoms with Crippen LogP contribution in [0.1, 0.15) is 54.4 Å². The lowest BCUT2D eigenvalue weighted by atomic mass is 9.98. The van der Waals surface area contributed by atoms with Crippen LogP contribution in [-0.4, -0.2) is 73.7 Å². The third kappa shape index (κ3) is 5.98. The molecule has 188 valence electrons. The number of thiocarbonyl (C=S) groups is 1. The van der Waals surface area contributed by atoms with E-state index in [0.717, 1.165) is 25.9 Å². The number of imidazole rings is 1. The summed E-state index contributed by atoms with van der Waals surface area (Å²) in [6.07, 6.45) is 7.37. The van der Waals surface area contributed by atoms with E-state index in [1.165, 1.54) is 0 Å². The highest BCUT2D eigenvalue weighted by atomic mass is 32.1. The summed E-state index contributed by atoms with van der Waals surface area (Å²) >= 11 is 5.52. The van der Waals surface area contributed by atoms with E-state index in [4.69, 9.17) is 25.8 Å². The van der Waals surface area contributed by atoms with Crippen molar-refractivity contribution in [3.8, 4) is 0 Å². The van der Waals surface area contributed by atoms with Gasteiger partial charge in [-0.2, -0.15) is 0 Å². The maximum Gasteiger partial charge on any atom is 0.269 e. The summed E-state index contributed by atoms with van der Waals surface area (Å²) in [4.78, 5) is 6.67. The lowest BCUT2D eigenvalue weighted by molar-refractivity contribution is 0.0164. The summed E-state index contributed by atoms with van der Waals surface area (Å²) in [6, 6.07) is 0.290. The van der Waals surface area contributed by atoms with Gasteiger partial charge in [-0.25, -0.2) is 4.98 Å². The van der Waals surface area contributed by atoms with Crippen molar-refractivity contribution in [3.05, 3.63) is 18.7 Å². The van der Waals surface area contributed by atoms with Gasteiger partial charge in [-0.3, -0.25) is 9.47 Å². The Morgan fingerprint density at radius 3 is 2.15 bits per heavy atom. The first-order chi connectivity index (χ1) is 15.0. The summed E-state index contributed by atoms with van der Waals surface area (Å²) in [5.41, 5.74) is 0. The Kier molecular flexibility index (Phi) is 7.74. The first kappa shape index (κ1) is 27.0. The van der Waals surface area contributed by atoms with Crippen molar-refractivity contribution in [3.63, 3.8) is 0 Å². The van der Waals surface area contributed by atoms with Crippen molar-refractivity contribution in [1.82, 2.24) is 14.5 Å². The number of rotatable bonds is 5. The van der Waals surface area contributed by atoms with E-state index in [-0.39, 0.29) is 28.4 Å². The van der Waals surface area contributed by atoms with Gasteiger partial charge in [0.25, 0.3) is 5.17 Å². The van der Waals surface area contributed by atoms with Crippen molar-refractivity contribution in [2.24, 2.45) is 0 Å². The monoisotopic (exact) mass is 511 g/mol. The Bertz CT molecular complexity index is 818. The standard InChI is InChI=1S/C24H45N3O3SSi2/c1-23(2,3)32(7,8)29-20-16-26-13-11-18(28-22(31)27-14-12-25-17-27)15-19(26)21(20)30-33(9,10)24(4,5)6/h12,14,17-21H,11,13,15-16H2,1-10H3/t18-,19+,20+,21+/m1/s1. The molecule has 2 aliphatic rings. The molecule has 2 fully saturated rings. The van der Waals surface area contributed by atoms with Crippen LogP contribution in [-0.2, 0) is 13.6 Å². The molecule has 0 saturated carbocycles. The van der Waals surface area contributed by atoms with Crippen molar-refractivity contribution in [2.45, 2.75) is 115 Å². The van der Waals surface area contributed by atoms with Crippen LogP contribution >= 0.6 is 12.2 Å². The van der Waals surface area contributed by atoms with Crippen molar-refractivity contribution >= 4 is 34.0 Å². The Hall–Kier alpha value is -0.586. The number of hydrogen-bond donors (Lipinski definition) is 0. The van der Waals surface area contributed by atoms with Crippen molar-refractivity contribution in [2.75, 3.05) is 13.1 Å². The van der Waals surface area contributed by atoms with Crippen LogP contribution in [0.3, 0.4) is 0 Å². The molecule has 2 saturated heterocycles. The van der Waals surface area contributed by atoms with E-state index in [9.17, 15) is 0 Å². The molecule has 3 rings (SSSR count). The molecule has 6 nitrogen and oxygen atoms in total. The molecule has 1 aromatic rings. The second kappa shape index (κ2) is 9.46. The molecule has 3 heterocycles. The summed E-state index contributed by atoms with van der Waals surface area (Å²) in [5.74, 6) is 0. The maximum absolute atomic E-state index is 7.12. The van der Waals surface area contributed by atoms with Gasteiger partial charge in [0.05, 0.1) is 12.2 Å². The minimum Gasteiger partial charge on any atom is -0.467 e. The van der Waals surface area contributed by atoms with Crippen molar-refractivity contribution in [1.29, 1.82) is 0 Å². The Morgan fingerprint density at radius 2 is 1.61 bits per heavy atom. The third-order valence-corrected chi connectivity index (χ3v) is 17.6. The number of piperidine rings is 1. The molecule has 4 atom stereocenters. The number of fused-ring (bicyclic) bond motifs is 1. The highest BCUT2D eigenvalue weighted by Crippen LogP contribution is 2.44. The fourth-order valence-electron chi connectivity index (χ4n) is 4.17. The molecule has 0 aromatic carbocycles. The molecule has 33 heavy (non-hydrogen) atoms. The summed E-state index contributed by atoms with van der Waals surface area (Å²) in [5, 5.41) is 0.787. The average Bonchev–Trinajstić information content (AvgIpc) is 3.29. The second-order valence-corrected chi connectivity index (χ2v) is 22.7. The first-order valence-corrected chi connectivity index (χ1v) is 18.5. The largest absolute Gasteiger partial charge is 0.467 e.